The molecule has 2 saturated heterocycles. The molecule has 0 N–H and O–H groups in total. The molecule has 176 valence electrons. The van der Waals surface area contributed by atoms with Crippen LogP contribution in [0.25, 0.3) is 27.9 Å². The Labute approximate surface area is 198 Å². The zero-order chi connectivity index (χ0) is 22.9. The van der Waals surface area contributed by atoms with Crippen LogP contribution in [0.2, 0.25) is 0 Å². The van der Waals surface area contributed by atoms with E-state index < -0.39 is 0 Å². The Morgan fingerprint density at radius 2 is 1.88 bits per heavy atom. The molecule has 0 saturated carbocycles. The molecular weight excluding hydrogens is 428 g/mol. The van der Waals surface area contributed by atoms with Gasteiger partial charge < -0.3 is 18.5 Å². The van der Waals surface area contributed by atoms with Crippen molar-refractivity contribution in [1.82, 2.24) is 19.2 Å². The minimum Gasteiger partial charge on any atom is -0.492 e. The molecular formula is C27H30N4O3. The molecule has 0 atom stereocenters. The van der Waals surface area contributed by atoms with Gasteiger partial charge in [-0.1, -0.05) is 0 Å². The maximum Gasteiger partial charge on any atom is 0.193 e. The summed E-state index contributed by atoms with van der Waals surface area (Å²) in [7, 11) is 0. The molecule has 0 unspecified atom stereocenters. The lowest BCUT2D eigenvalue weighted by Crippen LogP contribution is -2.44. The van der Waals surface area contributed by atoms with E-state index in [0.29, 0.717) is 34.8 Å². The molecule has 0 radical (unpaired) electrons. The van der Waals surface area contributed by atoms with Gasteiger partial charge in [-0.05, 0) is 88.3 Å². The molecule has 2 aliphatic rings. The second kappa shape index (κ2) is 9.24. The van der Waals surface area contributed by atoms with Crippen molar-refractivity contribution >= 4 is 16.5 Å². The number of fused-ring (bicyclic) bond motifs is 2. The van der Waals surface area contributed by atoms with Gasteiger partial charge in [-0.25, -0.2) is 4.98 Å². The summed E-state index contributed by atoms with van der Waals surface area (Å²) in [6, 6.07) is 13.6. The van der Waals surface area contributed by atoms with Gasteiger partial charge in [0.05, 0.1) is 11.7 Å². The fourth-order valence-electron chi connectivity index (χ4n) is 5.33. The van der Waals surface area contributed by atoms with Gasteiger partial charge in [0.25, 0.3) is 0 Å². The molecule has 0 aliphatic carbocycles. The molecule has 4 aromatic rings. The van der Waals surface area contributed by atoms with Gasteiger partial charge in [-0.3, -0.25) is 9.69 Å². The lowest BCUT2D eigenvalue weighted by atomic mass is 10.0. The first kappa shape index (κ1) is 21.4. The summed E-state index contributed by atoms with van der Waals surface area (Å²) >= 11 is 0. The molecule has 2 fully saturated rings. The van der Waals surface area contributed by atoms with Gasteiger partial charge in [0.15, 0.2) is 11.2 Å². The average Bonchev–Trinajstić information content (AvgIpc) is 3.57. The van der Waals surface area contributed by atoms with Crippen molar-refractivity contribution < 1.29 is 9.15 Å². The highest BCUT2D eigenvalue weighted by Gasteiger charge is 2.26. The van der Waals surface area contributed by atoms with Gasteiger partial charge >= 0.3 is 0 Å². The lowest BCUT2D eigenvalue weighted by molar-refractivity contribution is 0.114. The molecule has 0 spiro atoms. The molecule has 2 aliphatic heterocycles. The monoisotopic (exact) mass is 458 g/mol. The van der Waals surface area contributed by atoms with Crippen molar-refractivity contribution in [2.75, 3.05) is 39.3 Å². The summed E-state index contributed by atoms with van der Waals surface area (Å²) < 4.78 is 13.9. The number of nitrogens with zero attached hydrogens (tertiary/aromatic N) is 4. The summed E-state index contributed by atoms with van der Waals surface area (Å²) in [4.78, 5) is 22.4. The third kappa shape index (κ3) is 4.33. The predicted octanol–water partition coefficient (Wildman–Crippen LogP) is 4.05. The summed E-state index contributed by atoms with van der Waals surface area (Å²) in [5, 5.41) is 0.524. The Morgan fingerprint density at radius 3 is 2.74 bits per heavy atom. The molecule has 6 rings (SSSR count). The number of rotatable bonds is 6. The third-order valence-electron chi connectivity index (χ3n) is 7.26. The largest absolute Gasteiger partial charge is 0.492 e. The molecule has 1 aromatic carbocycles. The zero-order valence-corrected chi connectivity index (χ0v) is 19.4. The van der Waals surface area contributed by atoms with E-state index in [9.17, 15) is 4.79 Å². The van der Waals surface area contributed by atoms with Crippen molar-refractivity contribution in [2.45, 2.75) is 31.7 Å². The normalized spacial score (nSPS) is 18.2. The maximum atomic E-state index is 12.8. The molecule has 0 bridgehead atoms. The number of aromatic nitrogens is 2. The minimum atomic E-state index is -0.0947. The fraction of sp³-hybridized carbons (Fsp3) is 0.407. The van der Waals surface area contributed by atoms with Crippen LogP contribution >= 0.6 is 0 Å². The van der Waals surface area contributed by atoms with Crippen molar-refractivity contribution in [3.63, 3.8) is 0 Å². The smallest absolute Gasteiger partial charge is 0.193 e. The van der Waals surface area contributed by atoms with E-state index >= 15 is 0 Å². The van der Waals surface area contributed by atoms with Crippen LogP contribution in [0.1, 0.15) is 25.7 Å². The highest BCUT2D eigenvalue weighted by Crippen LogP contribution is 2.25. The van der Waals surface area contributed by atoms with Crippen LogP contribution < -0.4 is 10.2 Å². The summed E-state index contributed by atoms with van der Waals surface area (Å²) in [5.41, 5.74) is 2.08. The highest BCUT2D eigenvalue weighted by atomic mass is 16.5. The van der Waals surface area contributed by atoms with E-state index in [1.807, 2.05) is 40.9 Å². The Morgan fingerprint density at radius 1 is 1.03 bits per heavy atom. The molecule has 5 heterocycles. The molecule has 7 heteroatoms. The maximum absolute atomic E-state index is 12.8. The molecule has 7 nitrogen and oxygen atoms in total. The number of hydrogen-bond acceptors (Lipinski definition) is 6. The first-order chi connectivity index (χ1) is 16.7. The Hall–Kier alpha value is -3.16. The molecule has 34 heavy (non-hydrogen) atoms. The summed E-state index contributed by atoms with van der Waals surface area (Å²) in [6.07, 6.45) is 8.89. The van der Waals surface area contributed by atoms with Crippen LogP contribution in [0.15, 0.2) is 64.2 Å². The number of likely N-dealkylation sites (tertiary alicyclic amines) is 2. The van der Waals surface area contributed by atoms with Crippen molar-refractivity contribution in [2.24, 2.45) is 0 Å². The second-order valence-electron chi connectivity index (χ2n) is 9.41. The van der Waals surface area contributed by atoms with Crippen LogP contribution in [0.5, 0.6) is 5.75 Å². The average molecular weight is 459 g/mol. The zero-order valence-electron chi connectivity index (χ0n) is 19.4. The quantitative estimate of drug-likeness (QED) is 0.435. The SMILES string of the molecule is O=c1cc(-c2cc3cccn3cn2)oc2ccc(OCCN3CCC(N4CCCC4)CC3)cc12. The first-order valence-electron chi connectivity index (χ1n) is 12.3. The number of hydrogen-bond donors (Lipinski definition) is 0. The fourth-order valence-corrected chi connectivity index (χ4v) is 5.33. The van der Waals surface area contributed by atoms with E-state index in [0.717, 1.165) is 31.2 Å². The van der Waals surface area contributed by atoms with Crippen molar-refractivity contribution in [1.29, 1.82) is 0 Å². The van der Waals surface area contributed by atoms with E-state index in [-0.39, 0.29) is 5.43 Å². The number of piperidine rings is 1. The first-order valence-corrected chi connectivity index (χ1v) is 12.3. The van der Waals surface area contributed by atoms with Crippen molar-refractivity contribution in [3.8, 4) is 17.2 Å². The second-order valence-corrected chi connectivity index (χ2v) is 9.41. The predicted molar refractivity (Wildman–Crippen MR) is 132 cm³/mol. The molecule has 3 aromatic heterocycles. The number of benzene rings is 1. The van der Waals surface area contributed by atoms with E-state index in [1.54, 1.807) is 12.4 Å². The van der Waals surface area contributed by atoms with E-state index in [2.05, 4.69) is 14.8 Å². The van der Waals surface area contributed by atoms with Gasteiger partial charge in [0.2, 0.25) is 0 Å². The summed E-state index contributed by atoms with van der Waals surface area (Å²) in [6.45, 7) is 6.36. The Balaban J connectivity index is 1.09. The van der Waals surface area contributed by atoms with E-state index in [1.165, 1.54) is 44.8 Å². The van der Waals surface area contributed by atoms with Crippen molar-refractivity contribution in [3.05, 3.63) is 65.2 Å². The molecule has 0 amide bonds. The van der Waals surface area contributed by atoms with E-state index in [4.69, 9.17) is 9.15 Å². The third-order valence-corrected chi connectivity index (χ3v) is 7.26. The van der Waals surface area contributed by atoms with Crippen LogP contribution in [0.4, 0.5) is 0 Å². The highest BCUT2D eigenvalue weighted by molar-refractivity contribution is 5.80. The van der Waals surface area contributed by atoms with Crippen LogP contribution in [-0.2, 0) is 0 Å². The lowest BCUT2D eigenvalue weighted by Gasteiger charge is -2.36. The summed E-state index contributed by atoms with van der Waals surface area (Å²) in [5.74, 6) is 1.17. The van der Waals surface area contributed by atoms with Crippen LogP contribution in [0, 0.1) is 0 Å². The van der Waals surface area contributed by atoms with Crippen LogP contribution in [0.3, 0.4) is 0 Å². The Bertz CT molecular complexity index is 1350. The Kier molecular flexibility index (Phi) is 5.81. The minimum absolute atomic E-state index is 0.0947. The van der Waals surface area contributed by atoms with Gasteiger partial charge in [-0.2, -0.15) is 0 Å². The van der Waals surface area contributed by atoms with Gasteiger partial charge in [0.1, 0.15) is 23.6 Å². The standard InChI is InChI=1S/C27H30N4O3/c32-25-18-27(24-16-21-4-3-11-31(21)19-28-24)34-26-6-5-22(17-23(25)26)33-15-14-29-12-7-20(8-13-29)30-9-1-2-10-30/h3-6,11,16-20H,1-2,7-10,12-15H2. The van der Waals surface area contributed by atoms with Gasteiger partial charge in [0, 0.05) is 30.4 Å². The topological polar surface area (TPSA) is 63.2 Å². The van der Waals surface area contributed by atoms with Crippen LogP contribution in [-0.4, -0.2) is 64.6 Å². The van der Waals surface area contributed by atoms with Gasteiger partial charge in [-0.15, -0.1) is 0 Å². The number of ether oxygens (including phenoxy) is 1.